The molecule has 1 heteroatoms. The first-order valence-corrected chi connectivity index (χ1v) is 12.0. The number of allylic oxidation sites excluding steroid dienone is 1. The first kappa shape index (κ1) is 18.2. The minimum absolute atomic E-state index is 1.03. The second-order valence-corrected chi connectivity index (χ2v) is 11.0. The molecule has 0 saturated carbocycles. The third-order valence-corrected chi connectivity index (χ3v) is 10.1. The molecule has 28 heavy (non-hydrogen) atoms. The highest BCUT2D eigenvalue weighted by molar-refractivity contribution is 7.11. The predicted octanol–water partition coefficient (Wildman–Crippen LogP) is 4.87. The van der Waals surface area contributed by atoms with E-state index in [4.69, 9.17) is 0 Å². The SMILES string of the molecule is C(=C/c1ccccc1)/C[Si](c1ccccc1)(c1ccccc1)c1ccccc1. The lowest BCUT2D eigenvalue weighted by molar-refractivity contribution is 1.56. The van der Waals surface area contributed by atoms with Gasteiger partial charge in [0.05, 0.1) is 0 Å². The summed E-state index contributed by atoms with van der Waals surface area (Å²) in [6.07, 6.45) is 4.63. The third kappa shape index (κ3) is 3.76. The summed E-state index contributed by atoms with van der Waals surface area (Å²) in [5.74, 6) is 0. The molecule has 0 nitrogen and oxygen atoms in total. The molecule has 0 spiro atoms. The molecule has 0 aliphatic carbocycles. The zero-order valence-electron chi connectivity index (χ0n) is 15.9. The van der Waals surface area contributed by atoms with E-state index in [1.54, 1.807) is 0 Å². The van der Waals surface area contributed by atoms with Crippen LogP contribution in [0.1, 0.15) is 5.56 Å². The van der Waals surface area contributed by atoms with Crippen molar-refractivity contribution >= 4 is 29.7 Å². The number of rotatable bonds is 6. The van der Waals surface area contributed by atoms with Gasteiger partial charge in [0.2, 0.25) is 0 Å². The smallest absolute Gasteiger partial charge is 0.0856 e. The van der Waals surface area contributed by atoms with Gasteiger partial charge in [0.15, 0.2) is 8.07 Å². The summed E-state index contributed by atoms with van der Waals surface area (Å²) in [7, 11) is -2.16. The maximum Gasteiger partial charge on any atom is 0.151 e. The number of hydrogen-bond donors (Lipinski definition) is 0. The van der Waals surface area contributed by atoms with Crippen molar-refractivity contribution in [3.63, 3.8) is 0 Å². The van der Waals surface area contributed by atoms with Gasteiger partial charge in [0.25, 0.3) is 0 Å². The predicted molar refractivity (Wildman–Crippen MR) is 124 cm³/mol. The summed E-state index contributed by atoms with van der Waals surface area (Å²) < 4.78 is 0. The number of benzene rings is 4. The van der Waals surface area contributed by atoms with Crippen molar-refractivity contribution in [2.24, 2.45) is 0 Å². The maximum absolute atomic E-state index is 2.37. The fourth-order valence-corrected chi connectivity index (χ4v) is 8.42. The van der Waals surface area contributed by atoms with Crippen molar-refractivity contribution in [1.29, 1.82) is 0 Å². The highest BCUT2D eigenvalue weighted by Gasteiger charge is 2.37. The molecule has 136 valence electrons. The fourth-order valence-electron chi connectivity index (χ4n) is 3.96. The van der Waals surface area contributed by atoms with Crippen LogP contribution in [0.5, 0.6) is 0 Å². The van der Waals surface area contributed by atoms with Crippen LogP contribution >= 0.6 is 0 Å². The molecular weight excluding hydrogens is 352 g/mol. The Morgan fingerprint density at radius 3 is 1.21 bits per heavy atom. The minimum Gasteiger partial charge on any atom is -0.0856 e. The highest BCUT2D eigenvalue weighted by Crippen LogP contribution is 2.15. The Balaban J connectivity index is 1.87. The molecule has 0 unspecified atom stereocenters. The third-order valence-electron chi connectivity index (χ3n) is 5.33. The van der Waals surface area contributed by atoms with Crippen molar-refractivity contribution in [3.8, 4) is 0 Å². The van der Waals surface area contributed by atoms with E-state index < -0.39 is 8.07 Å². The topological polar surface area (TPSA) is 0 Å². The first-order valence-electron chi connectivity index (χ1n) is 9.78. The van der Waals surface area contributed by atoms with Gasteiger partial charge in [0.1, 0.15) is 0 Å². The molecule has 4 aromatic carbocycles. The van der Waals surface area contributed by atoms with E-state index in [1.165, 1.54) is 21.1 Å². The van der Waals surface area contributed by atoms with Crippen LogP contribution in [0.2, 0.25) is 6.04 Å². The Morgan fingerprint density at radius 2 is 0.821 bits per heavy atom. The van der Waals surface area contributed by atoms with E-state index in [0.29, 0.717) is 0 Å². The van der Waals surface area contributed by atoms with Crippen LogP contribution in [0.3, 0.4) is 0 Å². The van der Waals surface area contributed by atoms with E-state index in [9.17, 15) is 0 Å². The summed E-state index contributed by atoms with van der Waals surface area (Å²) in [5, 5.41) is 4.35. The van der Waals surface area contributed by atoms with Gasteiger partial charge in [-0.15, -0.1) is 0 Å². The standard InChI is InChI=1S/C27H24Si/c1-5-14-24(15-6-1)16-13-23-28(25-17-7-2-8-18-25,26-19-9-3-10-20-26)27-21-11-4-12-22-27/h1-22H,23H2/b16-13-. The monoisotopic (exact) mass is 376 g/mol. The molecule has 0 aliphatic heterocycles. The molecule has 0 heterocycles. The molecule has 0 bridgehead atoms. The van der Waals surface area contributed by atoms with Crippen molar-refractivity contribution in [2.45, 2.75) is 6.04 Å². The van der Waals surface area contributed by atoms with Gasteiger partial charge >= 0.3 is 0 Å². The van der Waals surface area contributed by atoms with Crippen LogP contribution < -0.4 is 15.6 Å². The van der Waals surface area contributed by atoms with Crippen LogP contribution in [0, 0.1) is 0 Å². The summed E-state index contributed by atoms with van der Waals surface area (Å²) >= 11 is 0. The van der Waals surface area contributed by atoms with Gasteiger partial charge in [-0.2, -0.15) is 0 Å². The summed E-state index contributed by atoms with van der Waals surface area (Å²) in [6.45, 7) is 0. The molecule has 0 N–H and O–H groups in total. The van der Waals surface area contributed by atoms with Crippen LogP contribution in [0.4, 0.5) is 0 Å². The lowest BCUT2D eigenvalue weighted by Crippen LogP contribution is -2.66. The molecule has 4 rings (SSSR count). The first-order chi connectivity index (χ1) is 13.9. The molecule has 0 saturated heterocycles. The second-order valence-electron chi connectivity index (χ2n) is 7.02. The zero-order valence-corrected chi connectivity index (χ0v) is 16.9. The highest BCUT2D eigenvalue weighted by atomic mass is 28.3. The van der Waals surface area contributed by atoms with Crippen LogP contribution in [-0.4, -0.2) is 8.07 Å². The van der Waals surface area contributed by atoms with Gasteiger partial charge < -0.3 is 0 Å². The van der Waals surface area contributed by atoms with Gasteiger partial charge in [-0.25, -0.2) is 0 Å². The average molecular weight is 377 g/mol. The molecule has 0 aliphatic rings. The van der Waals surface area contributed by atoms with E-state index >= 15 is 0 Å². The van der Waals surface area contributed by atoms with Gasteiger partial charge in [-0.1, -0.05) is 133 Å². The molecule has 0 amide bonds. The summed E-state index contributed by atoms with van der Waals surface area (Å²) in [5.41, 5.74) is 1.25. The Bertz CT molecular complexity index is 910. The maximum atomic E-state index is 2.37. The van der Waals surface area contributed by atoms with E-state index in [1.807, 2.05) is 0 Å². The fraction of sp³-hybridized carbons (Fsp3) is 0.0370. The van der Waals surface area contributed by atoms with Crippen molar-refractivity contribution in [1.82, 2.24) is 0 Å². The quantitative estimate of drug-likeness (QED) is 0.333. The van der Waals surface area contributed by atoms with Gasteiger partial charge in [-0.3, -0.25) is 0 Å². The van der Waals surface area contributed by atoms with E-state index in [-0.39, 0.29) is 0 Å². The Kier molecular flexibility index (Phi) is 5.65. The lowest BCUT2D eigenvalue weighted by atomic mass is 10.2. The zero-order chi connectivity index (χ0) is 19.1. The van der Waals surface area contributed by atoms with Crippen molar-refractivity contribution in [2.75, 3.05) is 0 Å². The average Bonchev–Trinajstić information content (AvgIpc) is 2.79. The van der Waals surface area contributed by atoms with Crippen LogP contribution in [-0.2, 0) is 0 Å². The molecule has 0 aromatic heterocycles. The van der Waals surface area contributed by atoms with Crippen LogP contribution in [0.15, 0.2) is 127 Å². The van der Waals surface area contributed by atoms with E-state index in [2.05, 4.69) is 133 Å². The van der Waals surface area contributed by atoms with Crippen molar-refractivity contribution < 1.29 is 0 Å². The summed E-state index contributed by atoms with van der Waals surface area (Å²) in [6, 6.07) is 44.8. The van der Waals surface area contributed by atoms with Gasteiger partial charge in [-0.05, 0) is 27.2 Å². The van der Waals surface area contributed by atoms with Gasteiger partial charge in [0, 0.05) is 0 Å². The van der Waals surface area contributed by atoms with Crippen LogP contribution in [0.25, 0.3) is 6.08 Å². The lowest BCUT2D eigenvalue weighted by Gasteiger charge is -2.33. The second kappa shape index (κ2) is 8.68. The normalized spacial score (nSPS) is 11.6. The number of hydrogen-bond acceptors (Lipinski definition) is 0. The largest absolute Gasteiger partial charge is 0.151 e. The Morgan fingerprint density at radius 1 is 0.464 bits per heavy atom. The van der Waals surface area contributed by atoms with E-state index in [0.717, 1.165) is 6.04 Å². The molecule has 0 fully saturated rings. The molecular formula is C27H24Si. The molecule has 4 aromatic rings. The molecule has 0 atom stereocenters. The van der Waals surface area contributed by atoms with Crippen molar-refractivity contribution in [3.05, 3.63) is 133 Å². The Labute approximate surface area is 168 Å². The summed E-state index contributed by atoms with van der Waals surface area (Å²) in [4.78, 5) is 0. The Hall–Kier alpha value is -3.16. The minimum atomic E-state index is -2.16. The molecule has 0 radical (unpaired) electrons.